The maximum absolute atomic E-state index is 14.4. The summed E-state index contributed by atoms with van der Waals surface area (Å²) in [5.41, 5.74) is 4.35. The van der Waals surface area contributed by atoms with Gasteiger partial charge in [0.25, 0.3) is 0 Å². The Balaban J connectivity index is 1.64. The van der Waals surface area contributed by atoms with E-state index in [1.807, 2.05) is 10.9 Å². The van der Waals surface area contributed by atoms with Gasteiger partial charge in [0.05, 0.1) is 12.2 Å². The normalized spacial score (nSPS) is 18.6. The Morgan fingerprint density at radius 2 is 1.97 bits per heavy atom. The Morgan fingerprint density at radius 3 is 2.72 bits per heavy atom. The van der Waals surface area contributed by atoms with Crippen LogP contribution >= 0.6 is 0 Å². The standard InChI is InChI=1S/C24H26FN3O/c1-3-27-16(2)8-11-20-22(27)13-12-19(17-14-26-28(15-17)18-9-10-18)24(20)29-23-7-5-4-6-21(23)25/h4-7,12-16,18H,3,8-11H2,1-2H3/t16-/m0/s1. The van der Waals surface area contributed by atoms with Crippen LogP contribution in [0.3, 0.4) is 0 Å². The highest BCUT2D eigenvalue weighted by atomic mass is 19.1. The number of anilines is 1. The molecule has 0 saturated heterocycles. The summed E-state index contributed by atoms with van der Waals surface area (Å²) in [4.78, 5) is 2.41. The fourth-order valence-corrected chi connectivity index (χ4v) is 4.35. The van der Waals surface area contributed by atoms with Gasteiger partial charge in [0.1, 0.15) is 5.75 Å². The van der Waals surface area contributed by atoms with Gasteiger partial charge in [-0.1, -0.05) is 12.1 Å². The van der Waals surface area contributed by atoms with Crippen LogP contribution in [0.5, 0.6) is 11.5 Å². The molecule has 1 fully saturated rings. The van der Waals surface area contributed by atoms with Crippen molar-refractivity contribution in [2.75, 3.05) is 11.4 Å². The summed E-state index contributed by atoms with van der Waals surface area (Å²) < 4.78 is 22.7. The highest BCUT2D eigenvalue weighted by molar-refractivity contribution is 5.78. The van der Waals surface area contributed by atoms with E-state index in [2.05, 4.69) is 42.2 Å². The smallest absolute Gasteiger partial charge is 0.165 e. The zero-order valence-electron chi connectivity index (χ0n) is 16.9. The topological polar surface area (TPSA) is 30.3 Å². The summed E-state index contributed by atoms with van der Waals surface area (Å²) in [6.45, 7) is 5.38. The molecule has 4 nitrogen and oxygen atoms in total. The number of halogens is 1. The Bertz CT molecular complexity index is 1040. The van der Waals surface area contributed by atoms with Gasteiger partial charge in [-0.25, -0.2) is 4.39 Å². The fraction of sp³-hybridized carbons (Fsp3) is 0.375. The van der Waals surface area contributed by atoms with Gasteiger partial charge in [0.2, 0.25) is 0 Å². The molecule has 2 aliphatic rings. The molecule has 150 valence electrons. The minimum atomic E-state index is -0.346. The minimum Gasteiger partial charge on any atom is -0.453 e. The molecule has 1 aliphatic heterocycles. The van der Waals surface area contributed by atoms with E-state index in [-0.39, 0.29) is 11.6 Å². The average molecular weight is 391 g/mol. The van der Waals surface area contributed by atoms with Gasteiger partial charge in [0.15, 0.2) is 11.6 Å². The van der Waals surface area contributed by atoms with E-state index in [0.717, 1.165) is 41.8 Å². The maximum atomic E-state index is 14.4. The van der Waals surface area contributed by atoms with Gasteiger partial charge in [0, 0.05) is 41.2 Å². The SMILES string of the molecule is CCN1c2ccc(-c3cnn(C4CC4)c3)c(Oc3ccccc3F)c2CC[C@@H]1C. The molecule has 29 heavy (non-hydrogen) atoms. The third-order valence-electron chi connectivity index (χ3n) is 6.11. The molecule has 2 heterocycles. The summed E-state index contributed by atoms with van der Waals surface area (Å²) in [6.07, 6.45) is 8.34. The van der Waals surface area contributed by atoms with E-state index >= 15 is 0 Å². The molecule has 0 bridgehead atoms. The predicted octanol–water partition coefficient (Wildman–Crippen LogP) is 5.98. The number of benzene rings is 2. The highest BCUT2D eigenvalue weighted by Crippen LogP contribution is 2.45. The Hall–Kier alpha value is -2.82. The van der Waals surface area contributed by atoms with E-state index in [1.54, 1.807) is 18.2 Å². The van der Waals surface area contributed by atoms with Crippen LogP contribution in [0.15, 0.2) is 48.8 Å². The lowest BCUT2D eigenvalue weighted by Crippen LogP contribution is -2.37. The number of aromatic nitrogens is 2. The molecule has 1 saturated carbocycles. The summed E-state index contributed by atoms with van der Waals surface area (Å²) >= 11 is 0. The van der Waals surface area contributed by atoms with Crippen LogP contribution in [0.2, 0.25) is 0 Å². The van der Waals surface area contributed by atoms with Gasteiger partial charge < -0.3 is 9.64 Å². The van der Waals surface area contributed by atoms with Crippen molar-refractivity contribution in [3.05, 3.63) is 60.2 Å². The molecule has 1 aliphatic carbocycles. The molecule has 0 spiro atoms. The number of rotatable bonds is 5. The number of ether oxygens (including phenoxy) is 1. The average Bonchev–Trinajstić information content (AvgIpc) is 3.47. The highest BCUT2D eigenvalue weighted by Gasteiger charge is 2.29. The lowest BCUT2D eigenvalue weighted by molar-refractivity contribution is 0.434. The lowest BCUT2D eigenvalue weighted by Gasteiger charge is -2.37. The van der Waals surface area contributed by atoms with E-state index in [0.29, 0.717) is 12.1 Å². The van der Waals surface area contributed by atoms with Gasteiger partial charge >= 0.3 is 0 Å². The molecule has 0 unspecified atom stereocenters. The minimum absolute atomic E-state index is 0.262. The zero-order valence-corrected chi connectivity index (χ0v) is 16.9. The fourth-order valence-electron chi connectivity index (χ4n) is 4.35. The van der Waals surface area contributed by atoms with Gasteiger partial charge in [-0.15, -0.1) is 0 Å². The largest absolute Gasteiger partial charge is 0.453 e. The van der Waals surface area contributed by atoms with Crippen molar-refractivity contribution in [3.8, 4) is 22.6 Å². The number of para-hydroxylation sites is 1. The van der Waals surface area contributed by atoms with Crippen molar-refractivity contribution in [1.82, 2.24) is 9.78 Å². The third-order valence-corrected chi connectivity index (χ3v) is 6.11. The first-order chi connectivity index (χ1) is 14.2. The first-order valence-corrected chi connectivity index (χ1v) is 10.5. The van der Waals surface area contributed by atoms with Crippen LogP contribution in [0.25, 0.3) is 11.1 Å². The van der Waals surface area contributed by atoms with Gasteiger partial charge in [-0.3, -0.25) is 4.68 Å². The van der Waals surface area contributed by atoms with Crippen molar-refractivity contribution in [1.29, 1.82) is 0 Å². The van der Waals surface area contributed by atoms with Crippen molar-refractivity contribution in [3.63, 3.8) is 0 Å². The zero-order chi connectivity index (χ0) is 20.0. The molecule has 1 aromatic heterocycles. The maximum Gasteiger partial charge on any atom is 0.165 e. The van der Waals surface area contributed by atoms with E-state index < -0.39 is 0 Å². The molecular weight excluding hydrogens is 365 g/mol. The number of nitrogens with zero attached hydrogens (tertiary/aromatic N) is 3. The second kappa shape index (κ2) is 7.21. The van der Waals surface area contributed by atoms with Crippen molar-refractivity contribution >= 4 is 5.69 Å². The van der Waals surface area contributed by atoms with E-state index in [9.17, 15) is 4.39 Å². The second-order valence-corrected chi connectivity index (χ2v) is 8.09. The molecule has 2 aromatic carbocycles. The number of hydrogen-bond acceptors (Lipinski definition) is 3. The second-order valence-electron chi connectivity index (χ2n) is 8.09. The Labute approximate surface area is 170 Å². The van der Waals surface area contributed by atoms with Crippen LogP contribution in [0.4, 0.5) is 10.1 Å². The van der Waals surface area contributed by atoms with E-state index in [4.69, 9.17) is 4.74 Å². The molecular formula is C24H26FN3O. The summed E-state index contributed by atoms with van der Waals surface area (Å²) in [5.74, 6) is 0.674. The van der Waals surface area contributed by atoms with Crippen LogP contribution < -0.4 is 9.64 Å². The summed E-state index contributed by atoms with van der Waals surface area (Å²) in [7, 11) is 0. The van der Waals surface area contributed by atoms with Crippen molar-refractivity contribution in [2.45, 2.75) is 51.6 Å². The lowest BCUT2D eigenvalue weighted by atomic mass is 9.92. The first kappa shape index (κ1) is 18.2. The van der Waals surface area contributed by atoms with Crippen LogP contribution in [-0.4, -0.2) is 22.4 Å². The Morgan fingerprint density at radius 1 is 1.14 bits per heavy atom. The number of fused-ring (bicyclic) bond motifs is 1. The molecule has 3 aromatic rings. The monoisotopic (exact) mass is 391 g/mol. The summed E-state index contributed by atoms with van der Waals surface area (Å²) in [5, 5.41) is 4.55. The third kappa shape index (κ3) is 3.28. The molecule has 5 heteroatoms. The Kier molecular flexibility index (Phi) is 4.53. The predicted molar refractivity (Wildman–Crippen MR) is 113 cm³/mol. The van der Waals surface area contributed by atoms with Crippen molar-refractivity contribution in [2.24, 2.45) is 0 Å². The van der Waals surface area contributed by atoms with Crippen LogP contribution in [-0.2, 0) is 6.42 Å². The van der Waals surface area contributed by atoms with Crippen LogP contribution in [0, 0.1) is 5.82 Å². The molecule has 5 rings (SSSR count). The first-order valence-electron chi connectivity index (χ1n) is 10.5. The summed E-state index contributed by atoms with van der Waals surface area (Å²) in [6, 6.07) is 11.9. The van der Waals surface area contributed by atoms with Gasteiger partial charge in [-0.05, 0) is 63.8 Å². The van der Waals surface area contributed by atoms with Gasteiger partial charge in [-0.2, -0.15) is 5.10 Å². The molecule has 1 atom stereocenters. The molecule has 0 amide bonds. The van der Waals surface area contributed by atoms with Crippen molar-refractivity contribution < 1.29 is 9.13 Å². The molecule has 0 radical (unpaired) electrons. The van der Waals surface area contributed by atoms with E-state index in [1.165, 1.54) is 24.6 Å². The van der Waals surface area contributed by atoms with Crippen LogP contribution in [0.1, 0.15) is 44.7 Å². The molecule has 0 N–H and O–H groups in total. The number of hydrogen-bond donors (Lipinski definition) is 0. The quantitative estimate of drug-likeness (QED) is 0.536.